The molecule has 0 radical (unpaired) electrons. The van der Waals surface area contributed by atoms with Gasteiger partial charge in [-0.25, -0.2) is 0 Å². The fraction of sp³-hybridized carbons (Fsp3) is 0.562. The molecule has 1 unspecified atom stereocenters. The average Bonchev–Trinajstić information content (AvgIpc) is 2.39. The molecule has 0 amide bonds. The Hall–Kier alpha value is -1.49. The summed E-state index contributed by atoms with van der Waals surface area (Å²) in [5.41, 5.74) is 2.29. The molecule has 1 aromatic carbocycles. The second kappa shape index (κ2) is 8.58. The van der Waals surface area contributed by atoms with Gasteiger partial charge in [-0.2, -0.15) is 5.26 Å². The average molecular weight is 244 g/mol. The summed E-state index contributed by atoms with van der Waals surface area (Å²) in [6.45, 7) is 4.29. The van der Waals surface area contributed by atoms with Gasteiger partial charge in [0.2, 0.25) is 0 Å². The molecule has 0 bridgehead atoms. The van der Waals surface area contributed by atoms with Crippen molar-refractivity contribution in [2.45, 2.75) is 58.4 Å². The van der Waals surface area contributed by atoms with Crippen molar-refractivity contribution in [1.29, 1.82) is 5.26 Å². The topological polar surface area (TPSA) is 35.8 Å². The van der Waals surface area contributed by atoms with E-state index >= 15 is 0 Å². The van der Waals surface area contributed by atoms with Crippen molar-refractivity contribution in [3.63, 3.8) is 0 Å². The van der Waals surface area contributed by atoms with E-state index in [0.29, 0.717) is 0 Å². The highest BCUT2D eigenvalue weighted by Gasteiger charge is 2.06. The summed E-state index contributed by atoms with van der Waals surface area (Å²) in [6.07, 6.45) is 7.18. The van der Waals surface area contributed by atoms with E-state index in [0.717, 1.165) is 18.5 Å². The molecular weight excluding hydrogens is 220 g/mol. The van der Waals surface area contributed by atoms with Crippen LogP contribution in [0.5, 0.6) is 0 Å². The maximum absolute atomic E-state index is 9.13. The lowest BCUT2D eigenvalue weighted by molar-refractivity contribution is 0.597. The Labute approximate surface area is 111 Å². The van der Waals surface area contributed by atoms with Gasteiger partial charge in [0.1, 0.15) is 6.04 Å². The molecule has 0 heterocycles. The standard InChI is InChI=1S/C16H24N2/c1-3-4-5-6-7-8-16(13-17)18-15-11-9-14(2)10-12-15/h9-12,16,18H,3-8H2,1-2H3. The fourth-order valence-corrected chi connectivity index (χ4v) is 1.97. The van der Waals surface area contributed by atoms with Gasteiger partial charge in [-0.05, 0) is 25.5 Å². The predicted molar refractivity (Wildman–Crippen MR) is 77.6 cm³/mol. The van der Waals surface area contributed by atoms with E-state index in [4.69, 9.17) is 5.26 Å². The third kappa shape index (κ3) is 5.72. The zero-order valence-corrected chi connectivity index (χ0v) is 11.6. The summed E-state index contributed by atoms with van der Waals surface area (Å²) < 4.78 is 0. The van der Waals surface area contributed by atoms with Gasteiger partial charge in [0.25, 0.3) is 0 Å². The number of benzene rings is 1. The summed E-state index contributed by atoms with van der Waals surface area (Å²) in [6, 6.07) is 10.5. The van der Waals surface area contributed by atoms with Crippen LogP contribution in [-0.2, 0) is 0 Å². The minimum Gasteiger partial charge on any atom is -0.370 e. The van der Waals surface area contributed by atoms with E-state index in [1.54, 1.807) is 0 Å². The second-order valence-corrected chi connectivity index (χ2v) is 4.89. The second-order valence-electron chi connectivity index (χ2n) is 4.89. The van der Waals surface area contributed by atoms with Crippen LogP contribution in [0, 0.1) is 18.3 Å². The third-order valence-corrected chi connectivity index (χ3v) is 3.14. The molecule has 1 atom stereocenters. The zero-order chi connectivity index (χ0) is 13.2. The number of aryl methyl sites for hydroxylation is 1. The fourth-order valence-electron chi connectivity index (χ4n) is 1.97. The first-order chi connectivity index (χ1) is 8.76. The van der Waals surface area contributed by atoms with Crippen molar-refractivity contribution >= 4 is 5.69 Å². The SMILES string of the molecule is CCCCCCCC(C#N)Nc1ccc(C)cc1. The van der Waals surface area contributed by atoms with Crippen molar-refractivity contribution in [1.82, 2.24) is 0 Å². The van der Waals surface area contributed by atoms with Crippen molar-refractivity contribution in [3.8, 4) is 6.07 Å². The molecule has 0 spiro atoms. The number of nitrogens with zero attached hydrogens (tertiary/aromatic N) is 1. The highest BCUT2D eigenvalue weighted by atomic mass is 14.9. The maximum Gasteiger partial charge on any atom is 0.114 e. The van der Waals surface area contributed by atoms with Crippen molar-refractivity contribution in [2.24, 2.45) is 0 Å². The number of hydrogen-bond donors (Lipinski definition) is 1. The minimum atomic E-state index is -0.0608. The number of anilines is 1. The highest BCUT2D eigenvalue weighted by Crippen LogP contribution is 2.13. The van der Waals surface area contributed by atoms with Crippen LogP contribution in [0.3, 0.4) is 0 Å². The van der Waals surface area contributed by atoms with Crippen LogP contribution < -0.4 is 5.32 Å². The van der Waals surface area contributed by atoms with Crippen LogP contribution in [-0.4, -0.2) is 6.04 Å². The first-order valence-corrected chi connectivity index (χ1v) is 6.99. The van der Waals surface area contributed by atoms with Gasteiger partial charge < -0.3 is 5.32 Å². The molecule has 2 heteroatoms. The molecule has 98 valence electrons. The Kier molecular flexibility index (Phi) is 6.94. The first-order valence-electron chi connectivity index (χ1n) is 6.99. The minimum absolute atomic E-state index is 0.0608. The summed E-state index contributed by atoms with van der Waals surface area (Å²) >= 11 is 0. The Bertz CT molecular complexity index is 362. The van der Waals surface area contributed by atoms with Crippen molar-refractivity contribution in [2.75, 3.05) is 5.32 Å². The van der Waals surface area contributed by atoms with Crippen LogP contribution in [0.1, 0.15) is 51.0 Å². The molecule has 2 nitrogen and oxygen atoms in total. The largest absolute Gasteiger partial charge is 0.370 e. The van der Waals surface area contributed by atoms with E-state index in [-0.39, 0.29) is 6.04 Å². The van der Waals surface area contributed by atoms with E-state index in [1.165, 1.54) is 31.2 Å². The molecule has 1 aromatic rings. The molecule has 0 aliphatic heterocycles. The maximum atomic E-state index is 9.13. The molecule has 1 N–H and O–H groups in total. The molecular formula is C16H24N2. The monoisotopic (exact) mass is 244 g/mol. The Morgan fingerprint density at radius 3 is 2.39 bits per heavy atom. The number of hydrogen-bond acceptors (Lipinski definition) is 2. The van der Waals surface area contributed by atoms with Crippen LogP contribution in [0.25, 0.3) is 0 Å². The quantitative estimate of drug-likeness (QED) is 0.675. The lowest BCUT2D eigenvalue weighted by Crippen LogP contribution is -2.16. The smallest absolute Gasteiger partial charge is 0.114 e. The molecule has 1 rings (SSSR count). The summed E-state index contributed by atoms with van der Waals surface area (Å²) in [4.78, 5) is 0. The Balaban J connectivity index is 2.29. The summed E-state index contributed by atoms with van der Waals surface area (Å²) in [7, 11) is 0. The number of rotatable bonds is 8. The van der Waals surface area contributed by atoms with Gasteiger partial charge in [-0.15, -0.1) is 0 Å². The van der Waals surface area contributed by atoms with Crippen LogP contribution in [0.2, 0.25) is 0 Å². The summed E-state index contributed by atoms with van der Waals surface area (Å²) in [5.74, 6) is 0. The molecule has 18 heavy (non-hydrogen) atoms. The Morgan fingerprint density at radius 2 is 1.78 bits per heavy atom. The van der Waals surface area contributed by atoms with Gasteiger partial charge in [-0.3, -0.25) is 0 Å². The predicted octanol–water partition coefficient (Wildman–Crippen LogP) is 4.66. The number of nitrogens with one attached hydrogen (secondary N) is 1. The number of unbranched alkanes of at least 4 members (excludes halogenated alkanes) is 4. The van der Waals surface area contributed by atoms with Gasteiger partial charge >= 0.3 is 0 Å². The van der Waals surface area contributed by atoms with E-state index in [2.05, 4.69) is 37.4 Å². The van der Waals surface area contributed by atoms with Gasteiger partial charge in [0.15, 0.2) is 0 Å². The lowest BCUT2D eigenvalue weighted by Gasteiger charge is -2.13. The molecule has 0 fully saturated rings. The molecule has 0 saturated carbocycles. The Morgan fingerprint density at radius 1 is 1.11 bits per heavy atom. The normalized spacial score (nSPS) is 11.8. The molecule has 0 aliphatic rings. The van der Waals surface area contributed by atoms with Crippen LogP contribution >= 0.6 is 0 Å². The molecule has 0 aromatic heterocycles. The van der Waals surface area contributed by atoms with Gasteiger partial charge in [-0.1, -0.05) is 56.7 Å². The number of nitriles is 1. The zero-order valence-electron chi connectivity index (χ0n) is 11.6. The van der Waals surface area contributed by atoms with Crippen LogP contribution in [0.15, 0.2) is 24.3 Å². The van der Waals surface area contributed by atoms with Crippen LogP contribution in [0.4, 0.5) is 5.69 Å². The van der Waals surface area contributed by atoms with E-state index in [9.17, 15) is 0 Å². The molecule has 0 saturated heterocycles. The van der Waals surface area contributed by atoms with E-state index in [1.807, 2.05) is 12.1 Å². The van der Waals surface area contributed by atoms with Crippen molar-refractivity contribution in [3.05, 3.63) is 29.8 Å². The summed E-state index contributed by atoms with van der Waals surface area (Å²) in [5, 5.41) is 12.4. The van der Waals surface area contributed by atoms with E-state index < -0.39 is 0 Å². The lowest BCUT2D eigenvalue weighted by atomic mass is 10.1. The molecule has 0 aliphatic carbocycles. The van der Waals surface area contributed by atoms with Gasteiger partial charge in [0, 0.05) is 5.69 Å². The first kappa shape index (κ1) is 14.6. The van der Waals surface area contributed by atoms with Crippen molar-refractivity contribution < 1.29 is 0 Å². The van der Waals surface area contributed by atoms with Gasteiger partial charge in [0.05, 0.1) is 6.07 Å². The third-order valence-electron chi connectivity index (χ3n) is 3.14. The highest BCUT2D eigenvalue weighted by molar-refractivity contribution is 5.46.